The molecule has 1 N–H and O–H groups in total. The molecule has 0 aliphatic carbocycles. The van der Waals surface area contributed by atoms with Crippen molar-refractivity contribution in [2.24, 2.45) is 0 Å². The van der Waals surface area contributed by atoms with Crippen LogP contribution in [0, 0.1) is 11.3 Å². The third-order valence-electron chi connectivity index (χ3n) is 3.30. The van der Waals surface area contributed by atoms with Gasteiger partial charge in [-0.3, -0.25) is 0 Å². The maximum atomic E-state index is 8.92. The van der Waals surface area contributed by atoms with Crippen molar-refractivity contribution in [2.75, 3.05) is 19.0 Å². The van der Waals surface area contributed by atoms with Crippen LogP contribution in [-0.4, -0.2) is 23.1 Å². The highest BCUT2D eigenvalue weighted by atomic mass is 32.1. The Kier molecular flexibility index (Phi) is 5.57. The van der Waals surface area contributed by atoms with Gasteiger partial charge >= 0.3 is 0 Å². The Balaban J connectivity index is 1.62. The van der Waals surface area contributed by atoms with E-state index in [1.54, 1.807) is 25.3 Å². The third kappa shape index (κ3) is 4.76. The monoisotopic (exact) mass is 352 g/mol. The van der Waals surface area contributed by atoms with Crippen molar-refractivity contribution in [2.45, 2.75) is 6.42 Å². The minimum atomic E-state index is 0.566. The van der Waals surface area contributed by atoms with Gasteiger partial charge in [0, 0.05) is 30.8 Å². The van der Waals surface area contributed by atoms with Gasteiger partial charge in [-0.05, 0) is 42.5 Å². The number of anilines is 2. The fourth-order valence-corrected chi connectivity index (χ4v) is 2.73. The molecule has 0 bridgehead atoms. The Labute approximate surface area is 149 Å². The summed E-state index contributed by atoms with van der Waals surface area (Å²) >= 11 is 1.32. The van der Waals surface area contributed by atoms with Gasteiger partial charge in [-0.15, -0.1) is 0 Å². The highest BCUT2D eigenvalue weighted by molar-refractivity contribution is 7.09. The molecule has 0 saturated heterocycles. The molecule has 126 valence electrons. The second kappa shape index (κ2) is 8.24. The van der Waals surface area contributed by atoms with E-state index in [2.05, 4.69) is 20.7 Å². The molecule has 0 aliphatic heterocycles. The molecule has 0 amide bonds. The summed E-state index contributed by atoms with van der Waals surface area (Å²) in [6.07, 6.45) is 0.698. The van der Waals surface area contributed by atoms with E-state index in [4.69, 9.17) is 14.7 Å². The largest absolute Gasteiger partial charge is 0.457 e. The maximum absolute atomic E-state index is 8.92. The third-order valence-corrected chi connectivity index (χ3v) is 3.97. The Bertz CT molecular complexity index is 871. The number of nitrogens with one attached hydrogen (secondary N) is 1. The van der Waals surface area contributed by atoms with E-state index < -0.39 is 0 Å². The summed E-state index contributed by atoms with van der Waals surface area (Å²) in [5.41, 5.74) is 1.46. The zero-order valence-corrected chi connectivity index (χ0v) is 14.4. The summed E-state index contributed by atoms with van der Waals surface area (Å²) in [6, 6.07) is 16.7. The highest BCUT2D eigenvalue weighted by Crippen LogP contribution is 2.25. The Morgan fingerprint density at radius 1 is 1.16 bits per heavy atom. The number of nitrogens with zero attached hydrogens (tertiary/aromatic N) is 3. The van der Waals surface area contributed by atoms with Gasteiger partial charge < -0.3 is 14.8 Å². The van der Waals surface area contributed by atoms with Gasteiger partial charge in [0.2, 0.25) is 5.13 Å². The number of hydrogen-bond donors (Lipinski definition) is 1. The lowest BCUT2D eigenvalue weighted by Crippen LogP contribution is -1.96. The molecular weight excluding hydrogens is 336 g/mol. The van der Waals surface area contributed by atoms with Crippen LogP contribution in [0.25, 0.3) is 0 Å². The van der Waals surface area contributed by atoms with Crippen molar-refractivity contribution in [3.05, 3.63) is 59.9 Å². The van der Waals surface area contributed by atoms with Gasteiger partial charge in [0.05, 0.1) is 18.2 Å². The SMILES string of the molecule is COCCc1nsc(Nc2ccc(Oc3cccc(C#N)c3)cc2)n1. The molecule has 1 heterocycles. The van der Waals surface area contributed by atoms with Crippen molar-refractivity contribution >= 4 is 22.4 Å². The summed E-state index contributed by atoms with van der Waals surface area (Å²) in [5, 5.41) is 12.9. The number of rotatable bonds is 7. The number of ether oxygens (including phenoxy) is 2. The van der Waals surface area contributed by atoms with Crippen molar-refractivity contribution in [3.63, 3.8) is 0 Å². The topological polar surface area (TPSA) is 80.1 Å². The fourth-order valence-electron chi connectivity index (χ4n) is 2.09. The minimum absolute atomic E-state index is 0.566. The van der Waals surface area contributed by atoms with Crippen LogP contribution in [0.5, 0.6) is 11.5 Å². The molecule has 3 aromatic rings. The molecule has 0 fully saturated rings. The molecule has 0 aliphatic rings. The van der Waals surface area contributed by atoms with E-state index in [1.807, 2.05) is 30.3 Å². The van der Waals surface area contributed by atoms with Crippen LogP contribution in [-0.2, 0) is 11.2 Å². The molecule has 0 saturated carbocycles. The van der Waals surface area contributed by atoms with Crippen LogP contribution < -0.4 is 10.1 Å². The van der Waals surface area contributed by atoms with Gasteiger partial charge in [0.1, 0.15) is 17.3 Å². The first kappa shape index (κ1) is 16.9. The second-order valence-corrected chi connectivity index (χ2v) is 5.90. The molecule has 2 aromatic carbocycles. The van der Waals surface area contributed by atoms with E-state index in [-0.39, 0.29) is 0 Å². The van der Waals surface area contributed by atoms with Gasteiger partial charge in [-0.1, -0.05) is 6.07 Å². The molecule has 0 radical (unpaired) electrons. The van der Waals surface area contributed by atoms with E-state index in [9.17, 15) is 0 Å². The smallest absolute Gasteiger partial charge is 0.207 e. The molecule has 0 spiro atoms. The van der Waals surface area contributed by atoms with Crippen LogP contribution in [0.3, 0.4) is 0 Å². The first-order valence-electron chi connectivity index (χ1n) is 7.63. The summed E-state index contributed by atoms with van der Waals surface area (Å²) in [7, 11) is 1.66. The van der Waals surface area contributed by atoms with E-state index in [1.165, 1.54) is 11.5 Å². The quantitative estimate of drug-likeness (QED) is 0.688. The predicted octanol–water partition coefficient (Wildman–Crippen LogP) is 4.13. The molecule has 3 rings (SSSR count). The number of aromatic nitrogens is 2. The predicted molar refractivity (Wildman–Crippen MR) is 96.4 cm³/mol. The number of methoxy groups -OCH3 is 1. The zero-order valence-electron chi connectivity index (χ0n) is 13.6. The number of benzene rings is 2. The van der Waals surface area contributed by atoms with Crippen molar-refractivity contribution in [1.29, 1.82) is 5.26 Å². The lowest BCUT2D eigenvalue weighted by molar-refractivity contribution is 0.201. The van der Waals surface area contributed by atoms with Gasteiger partial charge in [-0.25, -0.2) is 4.98 Å². The Morgan fingerprint density at radius 3 is 2.76 bits per heavy atom. The van der Waals surface area contributed by atoms with E-state index in [0.29, 0.717) is 30.1 Å². The molecule has 7 heteroatoms. The van der Waals surface area contributed by atoms with Crippen LogP contribution in [0.1, 0.15) is 11.4 Å². The second-order valence-electron chi connectivity index (χ2n) is 5.15. The molecule has 0 atom stereocenters. The Morgan fingerprint density at radius 2 is 2.00 bits per heavy atom. The zero-order chi connectivity index (χ0) is 17.5. The van der Waals surface area contributed by atoms with Gasteiger partial charge in [-0.2, -0.15) is 9.64 Å². The van der Waals surface area contributed by atoms with Crippen LogP contribution in [0.4, 0.5) is 10.8 Å². The normalized spacial score (nSPS) is 10.2. The van der Waals surface area contributed by atoms with Crippen LogP contribution in [0.2, 0.25) is 0 Å². The number of nitriles is 1. The summed E-state index contributed by atoms with van der Waals surface area (Å²) < 4.78 is 15.1. The first-order chi connectivity index (χ1) is 12.3. The molecule has 1 aromatic heterocycles. The van der Waals surface area contributed by atoms with Crippen molar-refractivity contribution in [1.82, 2.24) is 9.36 Å². The summed E-state index contributed by atoms with van der Waals surface area (Å²) in [5.74, 6) is 2.09. The van der Waals surface area contributed by atoms with Crippen LogP contribution >= 0.6 is 11.5 Å². The summed E-state index contributed by atoms with van der Waals surface area (Å²) in [4.78, 5) is 4.41. The van der Waals surface area contributed by atoms with Crippen molar-refractivity contribution in [3.8, 4) is 17.6 Å². The van der Waals surface area contributed by atoms with Gasteiger partial charge in [0.15, 0.2) is 0 Å². The van der Waals surface area contributed by atoms with Crippen LogP contribution in [0.15, 0.2) is 48.5 Å². The molecular formula is C18H16N4O2S. The number of hydrogen-bond acceptors (Lipinski definition) is 7. The Hall–Kier alpha value is -2.95. The maximum Gasteiger partial charge on any atom is 0.207 e. The molecule has 6 nitrogen and oxygen atoms in total. The fraction of sp³-hybridized carbons (Fsp3) is 0.167. The average molecular weight is 352 g/mol. The average Bonchev–Trinajstić information content (AvgIpc) is 3.09. The van der Waals surface area contributed by atoms with E-state index in [0.717, 1.165) is 16.6 Å². The van der Waals surface area contributed by atoms with E-state index >= 15 is 0 Å². The molecule has 25 heavy (non-hydrogen) atoms. The minimum Gasteiger partial charge on any atom is -0.457 e. The summed E-state index contributed by atoms with van der Waals surface area (Å²) in [6.45, 7) is 0.606. The lowest BCUT2D eigenvalue weighted by Gasteiger charge is -2.07. The van der Waals surface area contributed by atoms with Crippen molar-refractivity contribution < 1.29 is 9.47 Å². The molecule has 0 unspecified atom stereocenters. The standard InChI is InChI=1S/C18H16N4O2S/c1-23-10-9-17-21-18(25-22-17)20-14-5-7-15(8-6-14)24-16-4-2-3-13(11-16)12-19/h2-8,11H,9-10H2,1H3,(H,20,21,22). The lowest BCUT2D eigenvalue weighted by atomic mass is 10.2. The first-order valence-corrected chi connectivity index (χ1v) is 8.41. The van der Waals surface area contributed by atoms with Gasteiger partial charge in [0.25, 0.3) is 0 Å². The highest BCUT2D eigenvalue weighted by Gasteiger charge is 2.05.